The van der Waals surface area contributed by atoms with Gasteiger partial charge in [0.05, 0.1) is 5.69 Å². The molecule has 4 rings (SSSR count). The van der Waals surface area contributed by atoms with Gasteiger partial charge in [0.1, 0.15) is 17.5 Å². The molecular formula is C22H23N7. The van der Waals surface area contributed by atoms with E-state index in [4.69, 9.17) is 11.5 Å². The van der Waals surface area contributed by atoms with Crippen molar-refractivity contribution in [2.75, 3.05) is 42.5 Å². The van der Waals surface area contributed by atoms with Crippen molar-refractivity contribution >= 4 is 17.5 Å². The number of rotatable bonds is 4. The Labute approximate surface area is 170 Å². The van der Waals surface area contributed by atoms with Gasteiger partial charge in [0.25, 0.3) is 0 Å². The van der Waals surface area contributed by atoms with E-state index in [1.807, 2.05) is 12.1 Å². The molecule has 0 bridgehead atoms. The van der Waals surface area contributed by atoms with E-state index in [2.05, 4.69) is 68.3 Å². The van der Waals surface area contributed by atoms with Gasteiger partial charge in [-0.3, -0.25) is 4.90 Å². The molecule has 0 unspecified atom stereocenters. The van der Waals surface area contributed by atoms with Crippen LogP contribution in [0.1, 0.15) is 11.1 Å². The molecule has 1 aliphatic rings. The molecule has 7 heteroatoms. The van der Waals surface area contributed by atoms with Gasteiger partial charge in [-0.25, -0.2) is 4.98 Å². The molecule has 0 radical (unpaired) electrons. The largest absolute Gasteiger partial charge is 0.382 e. The van der Waals surface area contributed by atoms with Gasteiger partial charge in [-0.2, -0.15) is 10.2 Å². The van der Waals surface area contributed by atoms with Crippen molar-refractivity contribution in [2.24, 2.45) is 0 Å². The molecule has 2 heterocycles. The highest BCUT2D eigenvalue weighted by atomic mass is 15.3. The molecule has 0 spiro atoms. The average molecular weight is 385 g/mol. The van der Waals surface area contributed by atoms with Crippen LogP contribution in [0.15, 0.2) is 54.6 Å². The lowest BCUT2D eigenvalue weighted by Gasteiger charge is -2.36. The van der Waals surface area contributed by atoms with Gasteiger partial charge in [-0.1, -0.05) is 42.5 Å². The number of nitrogens with two attached hydrogens (primary N) is 2. The zero-order valence-corrected chi connectivity index (χ0v) is 16.1. The van der Waals surface area contributed by atoms with E-state index < -0.39 is 0 Å². The van der Waals surface area contributed by atoms with Gasteiger partial charge in [-0.05, 0) is 17.7 Å². The lowest BCUT2D eigenvalue weighted by atomic mass is 10.1. The summed E-state index contributed by atoms with van der Waals surface area (Å²) < 4.78 is 0. The van der Waals surface area contributed by atoms with E-state index in [0.29, 0.717) is 5.69 Å². The number of anilines is 3. The molecule has 0 amide bonds. The molecule has 146 valence electrons. The van der Waals surface area contributed by atoms with E-state index in [1.165, 1.54) is 5.56 Å². The number of benzene rings is 2. The summed E-state index contributed by atoms with van der Waals surface area (Å²) in [7, 11) is 0. The van der Waals surface area contributed by atoms with Crippen molar-refractivity contribution < 1.29 is 0 Å². The number of piperazine rings is 1. The summed E-state index contributed by atoms with van der Waals surface area (Å²) >= 11 is 0. The highest BCUT2D eigenvalue weighted by molar-refractivity contribution is 5.74. The molecule has 4 N–H and O–H groups in total. The van der Waals surface area contributed by atoms with Crippen LogP contribution in [-0.4, -0.2) is 41.0 Å². The van der Waals surface area contributed by atoms with E-state index in [-0.39, 0.29) is 17.3 Å². The van der Waals surface area contributed by atoms with Gasteiger partial charge in [0, 0.05) is 44.0 Å². The summed E-state index contributed by atoms with van der Waals surface area (Å²) in [6, 6.07) is 20.7. The smallest absolute Gasteiger partial charge is 0.222 e. The zero-order chi connectivity index (χ0) is 20.2. The summed E-state index contributed by atoms with van der Waals surface area (Å²) in [5.41, 5.74) is 15.6. The standard InChI is InChI=1S/C22H23N7/c23-14-19-20(26-22(25)27-21(19)24)17-6-8-18(9-7-17)29-12-10-28(11-13-29)15-16-4-2-1-3-5-16/h1-9H,10-13,15H2,(H4,24,25,26,27). The monoisotopic (exact) mass is 385 g/mol. The van der Waals surface area contributed by atoms with Crippen molar-refractivity contribution in [3.8, 4) is 17.3 Å². The first-order chi connectivity index (χ1) is 14.1. The van der Waals surface area contributed by atoms with Crippen molar-refractivity contribution in [1.29, 1.82) is 5.26 Å². The Morgan fingerprint density at radius 1 is 0.897 bits per heavy atom. The fraction of sp³-hybridized carbons (Fsp3) is 0.227. The van der Waals surface area contributed by atoms with Crippen LogP contribution in [0.2, 0.25) is 0 Å². The predicted octanol–water partition coefficient (Wildman–Crippen LogP) is 2.50. The van der Waals surface area contributed by atoms with E-state index in [9.17, 15) is 5.26 Å². The Morgan fingerprint density at radius 2 is 1.59 bits per heavy atom. The fourth-order valence-electron chi connectivity index (χ4n) is 3.65. The molecule has 29 heavy (non-hydrogen) atoms. The highest BCUT2D eigenvalue weighted by Crippen LogP contribution is 2.27. The van der Waals surface area contributed by atoms with Gasteiger partial charge in [-0.15, -0.1) is 0 Å². The molecule has 1 saturated heterocycles. The molecular weight excluding hydrogens is 362 g/mol. The van der Waals surface area contributed by atoms with Crippen LogP contribution < -0.4 is 16.4 Å². The van der Waals surface area contributed by atoms with Crippen LogP contribution in [0.4, 0.5) is 17.5 Å². The molecule has 0 aliphatic carbocycles. The number of aromatic nitrogens is 2. The number of nitrogen functional groups attached to an aromatic ring is 2. The summed E-state index contributed by atoms with van der Waals surface area (Å²) in [6.07, 6.45) is 0. The predicted molar refractivity (Wildman–Crippen MR) is 115 cm³/mol. The first-order valence-electron chi connectivity index (χ1n) is 9.59. The Balaban J connectivity index is 1.44. The van der Waals surface area contributed by atoms with Crippen molar-refractivity contribution in [3.05, 3.63) is 65.7 Å². The van der Waals surface area contributed by atoms with Crippen LogP contribution in [0.5, 0.6) is 0 Å². The van der Waals surface area contributed by atoms with Crippen molar-refractivity contribution in [2.45, 2.75) is 6.54 Å². The van der Waals surface area contributed by atoms with Gasteiger partial charge in [0.2, 0.25) is 5.95 Å². The normalized spacial score (nSPS) is 14.5. The topological polar surface area (TPSA) is 108 Å². The maximum Gasteiger partial charge on any atom is 0.222 e. The Morgan fingerprint density at radius 3 is 2.24 bits per heavy atom. The first-order valence-corrected chi connectivity index (χ1v) is 9.59. The Hall–Kier alpha value is -3.63. The third-order valence-electron chi connectivity index (χ3n) is 5.19. The molecule has 7 nitrogen and oxygen atoms in total. The van der Waals surface area contributed by atoms with E-state index in [1.54, 1.807) is 0 Å². The summed E-state index contributed by atoms with van der Waals surface area (Å²) in [4.78, 5) is 12.9. The molecule has 1 aliphatic heterocycles. The SMILES string of the molecule is N#Cc1c(N)nc(N)nc1-c1ccc(N2CCN(Cc3ccccc3)CC2)cc1. The Kier molecular flexibility index (Phi) is 5.27. The first kappa shape index (κ1) is 18.7. The van der Waals surface area contributed by atoms with Crippen molar-refractivity contribution in [3.63, 3.8) is 0 Å². The second kappa shape index (κ2) is 8.17. The number of nitrogens with zero attached hydrogens (tertiary/aromatic N) is 5. The third-order valence-corrected chi connectivity index (χ3v) is 5.19. The molecule has 1 aromatic heterocycles. The highest BCUT2D eigenvalue weighted by Gasteiger charge is 2.18. The molecule has 3 aromatic rings. The quantitative estimate of drug-likeness (QED) is 0.710. The summed E-state index contributed by atoms with van der Waals surface area (Å²) in [6.45, 7) is 4.98. The van der Waals surface area contributed by atoms with Crippen LogP contribution in [0.25, 0.3) is 11.3 Å². The minimum atomic E-state index is 0.0649. The van der Waals surface area contributed by atoms with Crippen LogP contribution in [0.3, 0.4) is 0 Å². The zero-order valence-electron chi connectivity index (χ0n) is 16.1. The van der Waals surface area contributed by atoms with Crippen LogP contribution in [-0.2, 0) is 6.54 Å². The molecule has 2 aromatic carbocycles. The maximum absolute atomic E-state index is 9.38. The summed E-state index contributed by atoms with van der Waals surface area (Å²) in [5.74, 6) is 0.170. The Bertz CT molecular complexity index is 1020. The van der Waals surface area contributed by atoms with Gasteiger partial charge < -0.3 is 16.4 Å². The maximum atomic E-state index is 9.38. The van der Waals surface area contributed by atoms with Crippen LogP contribution in [0, 0.1) is 11.3 Å². The van der Waals surface area contributed by atoms with E-state index >= 15 is 0 Å². The second-order valence-corrected chi connectivity index (χ2v) is 7.10. The number of nitriles is 1. The van der Waals surface area contributed by atoms with Gasteiger partial charge >= 0.3 is 0 Å². The van der Waals surface area contributed by atoms with E-state index in [0.717, 1.165) is 44.0 Å². The average Bonchev–Trinajstić information content (AvgIpc) is 2.75. The lowest BCUT2D eigenvalue weighted by Crippen LogP contribution is -2.45. The van der Waals surface area contributed by atoms with Gasteiger partial charge in [0.15, 0.2) is 0 Å². The summed E-state index contributed by atoms with van der Waals surface area (Å²) in [5, 5.41) is 9.38. The number of hydrogen-bond donors (Lipinski definition) is 2. The fourth-order valence-corrected chi connectivity index (χ4v) is 3.65. The third kappa shape index (κ3) is 4.13. The number of hydrogen-bond acceptors (Lipinski definition) is 7. The second-order valence-electron chi connectivity index (χ2n) is 7.10. The van der Waals surface area contributed by atoms with Crippen molar-refractivity contribution in [1.82, 2.24) is 14.9 Å². The minimum absolute atomic E-state index is 0.0649. The molecule has 0 saturated carbocycles. The molecule has 1 fully saturated rings. The van der Waals surface area contributed by atoms with Crippen LogP contribution >= 0.6 is 0 Å². The minimum Gasteiger partial charge on any atom is -0.382 e. The lowest BCUT2D eigenvalue weighted by molar-refractivity contribution is 0.250. The molecule has 0 atom stereocenters.